The third-order valence-electron chi connectivity index (χ3n) is 2.19. The first-order chi connectivity index (χ1) is 7.61. The summed E-state index contributed by atoms with van der Waals surface area (Å²) in [7, 11) is 0. The first-order valence-electron chi connectivity index (χ1n) is 4.77. The third-order valence-corrected chi connectivity index (χ3v) is 2.19. The topological polar surface area (TPSA) is 96.7 Å². The second kappa shape index (κ2) is 3.76. The van der Waals surface area contributed by atoms with E-state index in [1.165, 1.54) is 6.33 Å². The van der Waals surface area contributed by atoms with Crippen molar-refractivity contribution in [1.29, 1.82) is 0 Å². The lowest BCUT2D eigenvalue weighted by Crippen LogP contribution is -2.06. The summed E-state index contributed by atoms with van der Waals surface area (Å²) < 4.78 is 1.77. The molecule has 0 atom stereocenters. The molecule has 0 saturated heterocycles. The zero-order valence-electron chi connectivity index (χ0n) is 8.88. The Morgan fingerprint density at radius 2 is 2.31 bits per heavy atom. The van der Waals surface area contributed by atoms with Crippen molar-refractivity contribution in [2.45, 2.75) is 19.9 Å². The van der Waals surface area contributed by atoms with Gasteiger partial charge in [0.2, 0.25) is 0 Å². The van der Waals surface area contributed by atoms with E-state index in [1.807, 2.05) is 13.8 Å². The molecule has 0 aliphatic rings. The number of carboxylic acids is 1. The molecule has 0 spiro atoms. The minimum absolute atomic E-state index is 0.0231. The molecule has 84 valence electrons. The molecule has 7 heteroatoms. The molecule has 2 heterocycles. The fraction of sp³-hybridized carbons (Fsp3) is 0.333. The van der Waals surface area contributed by atoms with Gasteiger partial charge in [-0.3, -0.25) is 0 Å². The Morgan fingerprint density at radius 3 is 2.94 bits per heavy atom. The number of imidazole rings is 1. The van der Waals surface area contributed by atoms with Crippen LogP contribution < -0.4 is 0 Å². The van der Waals surface area contributed by atoms with E-state index >= 15 is 0 Å². The predicted molar refractivity (Wildman–Crippen MR) is 54.9 cm³/mol. The number of hydrogen-bond acceptors (Lipinski definition) is 4. The molecule has 2 rings (SSSR count). The fourth-order valence-electron chi connectivity index (χ4n) is 1.42. The first-order valence-corrected chi connectivity index (χ1v) is 4.77. The second-order valence-electron chi connectivity index (χ2n) is 3.59. The van der Waals surface area contributed by atoms with Gasteiger partial charge in [0.15, 0.2) is 11.5 Å². The summed E-state index contributed by atoms with van der Waals surface area (Å²) in [6.45, 7) is 3.92. The Bertz CT molecular complexity index is 513. The number of carbonyl (C=O) groups is 1. The molecule has 0 aliphatic carbocycles. The number of aromatic amines is 1. The van der Waals surface area contributed by atoms with Crippen molar-refractivity contribution in [2.24, 2.45) is 0 Å². The fourth-order valence-corrected chi connectivity index (χ4v) is 1.42. The highest BCUT2D eigenvalue weighted by Gasteiger charge is 2.20. The molecule has 0 aliphatic heterocycles. The summed E-state index contributed by atoms with van der Waals surface area (Å²) in [5.41, 5.74) is 0.327. The number of rotatable bonds is 3. The van der Waals surface area contributed by atoms with Crippen LogP contribution >= 0.6 is 0 Å². The van der Waals surface area contributed by atoms with Crippen LogP contribution in [0.3, 0.4) is 0 Å². The van der Waals surface area contributed by atoms with Gasteiger partial charge in [-0.05, 0) is 13.8 Å². The average molecular weight is 221 g/mol. The van der Waals surface area contributed by atoms with Crippen molar-refractivity contribution in [3.05, 3.63) is 18.3 Å². The van der Waals surface area contributed by atoms with Gasteiger partial charge in [-0.1, -0.05) is 0 Å². The maximum atomic E-state index is 10.9. The van der Waals surface area contributed by atoms with Gasteiger partial charge in [0.1, 0.15) is 12.0 Å². The average Bonchev–Trinajstić information content (AvgIpc) is 2.85. The van der Waals surface area contributed by atoms with Crippen LogP contribution in [-0.2, 0) is 0 Å². The van der Waals surface area contributed by atoms with E-state index in [-0.39, 0.29) is 11.7 Å². The minimum atomic E-state index is -1.06. The summed E-state index contributed by atoms with van der Waals surface area (Å²) in [4.78, 5) is 17.5. The SMILES string of the molecule is CC(C)n1cnnc1-c1nc[nH]c1C(=O)O. The van der Waals surface area contributed by atoms with Crippen LogP contribution in [0.5, 0.6) is 0 Å². The second-order valence-corrected chi connectivity index (χ2v) is 3.59. The zero-order valence-corrected chi connectivity index (χ0v) is 8.88. The Balaban J connectivity index is 2.54. The van der Waals surface area contributed by atoms with Crippen LogP contribution in [0.25, 0.3) is 11.5 Å². The summed E-state index contributed by atoms with van der Waals surface area (Å²) >= 11 is 0. The summed E-state index contributed by atoms with van der Waals surface area (Å²) in [5, 5.41) is 16.6. The number of hydrogen-bond donors (Lipinski definition) is 2. The molecule has 16 heavy (non-hydrogen) atoms. The highest BCUT2D eigenvalue weighted by molar-refractivity contribution is 5.91. The molecule has 7 nitrogen and oxygen atoms in total. The maximum absolute atomic E-state index is 10.9. The lowest BCUT2D eigenvalue weighted by Gasteiger charge is -2.08. The van der Waals surface area contributed by atoms with Gasteiger partial charge in [-0.2, -0.15) is 0 Å². The third kappa shape index (κ3) is 1.56. The smallest absolute Gasteiger partial charge is 0.354 e. The van der Waals surface area contributed by atoms with E-state index in [9.17, 15) is 4.79 Å². The van der Waals surface area contributed by atoms with Crippen LogP contribution in [-0.4, -0.2) is 35.8 Å². The lowest BCUT2D eigenvalue weighted by molar-refractivity contribution is 0.0692. The highest BCUT2D eigenvalue weighted by Crippen LogP contribution is 2.20. The molecule has 0 radical (unpaired) electrons. The van der Waals surface area contributed by atoms with E-state index in [0.29, 0.717) is 11.5 Å². The summed E-state index contributed by atoms with van der Waals surface area (Å²) in [5.74, 6) is -0.612. The number of aromatic nitrogens is 5. The van der Waals surface area contributed by atoms with Gasteiger partial charge in [0.25, 0.3) is 0 Å². The molecule has 2 aromatic heterocycles. The van der Waals surface area contributed by atoms with E-state index in [0.717, 1.165) is 0 Å². The maximum Gasteiger partial charge on any atom is 0.354 e. The number of nitrogens with one attached hydrogen (secondary N) is 1. The van der Waals surface area contributed by atoms with Crippen LogP contribution in [0.4, 0.5) is 0 Å². The van der Waals surface area contributed by atoms with Crippen molar-refractivity contribution in [1.82, 2.24) is 24.7 Å². The first kappa shape index (κ1) is 10.3. The Labute approximate surface area is 91.2 Å². The number of carboxylic acid groups (broad SMARTS) is 1. The van der Waals surface area contributed by atoms with Crippen molar-refractivity contribution in [2.75, 3.05) is 0 Å². The molecule has 2 N–H and O–H groups in total. The van der Waals surface area contributed by atoms with Crippen molar-refractivity contribution < 1.29 is 9.90 Å². The van der Waals surface area contributed by atoms with Crippen LogP contribution in [0.1, 0.15) is 30.4 Å². The zero-order chi connectivity index (χ0) is 11.7. The molecule has 0 saturated carbocycles. The monoisotopic (exact) mass is 221 g/mol. The molecule has 0 amide bonds. The largest absolute Gasteiger partial charge is 0.477 e. The van der Waals surface area contributed by atoms with Gasteiger partial charge in [0.05, 0.1) is 6.33 Å². The number of H-pyrrole nitrogens is 1. The van der Waals surface area contributed by atoms with E-state index in [4.69, 9.17) is 5.11 Å². The number of nitrogens with zero attached hydrogens (tertiary/aromatic N) is 4. The standard InChI is InChI=1S/C9H11N5O2/c1-5(2)14-4-12-13-8(14)6-7(9(15)16)11-3-10-6/h3-5H,1-2H3,(H,10,11)(H,15,16). The van der Waals surface area contributed by atoms with Gasteiger partial charge in [-0.15, -0.1) is 10.2 Å². The molecule has 0 bridgehead atoms. The minimum Gasteiger partial charge on any atom is -0.477 e. The normalized spacial score (nSPS) is 10.9. The Hall–Kier alpha value is -2.18. The van der Waals surface area contributed by atoms with Gasteiger partial charge < -0.3 is 14.7 Å². The van der Waals surface area contributed by atoms with Gasteiger partial charge in [0, 0.05) is 6.04 Å². The molecular formula is C9H11N5O2. The lowest BCUT2D eigenvalue weighted by atomic mass is 10.3. The quantitative estimate of drug-likeness (QED) is 0.804. The Morgan fingerprint density at radius 1 is 1.56 bits per heavy atom. The van der Waals surface area contributed by atoms with Crippen molar-refractivity contribution in [3.63, 3.8) is 0 Å². The molecular weight excluding hydrogens is 210 g/mol. The summed E-state index contributed by atoms with van der Waals surface area (Å²) in [6, 6.07) is 0.142. The van der Waals surface area contributed by atoms with Crippen LogP contribution in [0.15, 0.2) is 12.7 Å². The van der Waals surface area contributed by atoms with E-state index in [1.54, 1.807) is 10.9 Å². The van der Waals surface area contributed by atoms with Crippen LogP contribution in [0, 0.1) is 0 Å². The predicted octanol–water partition coefficient (Wildman–Crippen LogP) is 0.947. The Kier molecular flexibility index (Phi) is 2.43. The molecule has 0 fully saturated rings. The summed E-state index contributed by atoms with van der Waals surface area (Å²) in [6.07, 6.45) is 2.89. The van der Waals surface area contributed by atoms with Gasteiger partial charge >= 0.3 is 5.97 Å². The van der Waals surface area contributed by atoms with Crippen molar-refractivity contribution >= 4 is 5.97 Å². The molecule has 0 aromatic carbocycles. The van der Waals surface area contributed by atoms with E-state index < -0.39 is 5.97 Å². The molecule has 0 unspecified atom stereocenters. The van der Waals surface area contributed by atoms with Gasteiger partial charge in [-0.25, -0.2) is 9.78 Å². The van der Waals surface area contributed by atoms with Crippen LogP contribution in [0.2, 0.25) is 0 Å². The highest BCUT2D eigenvalue weighted by atomic mass is 16.4. The number of aromatic carboxylic acids is 1. The van der Waals surface area contributed by atoms with Crippen molar-refractivity contribution in [3.8, 4) is 11.5 Å². The van der Waals surface area contributed by atoms with E-state index in [2.05, 4.69) is 20.2 Å². The molecule has 2 aromatic rings.